The maximum absolute atomic E-state index is 5.30. The van der Waals surface area contributed by atoms with Gasteiger partial charge in [-0.05, 0) is 63.9 Å². The molecule has 0 atom stereocenters. The van der Waals surface area contributed by atoms with Crippen LogP contribution in [-0.2, 0) is 5.41 Å². The Bertz CT molecular complexity index is 3990. The monoisotopic (exact) mass is 803 g/mol. The predicted octanol–water partition coefficient (Wildman–Crippen LogP) is 14.6. The van der Waals surface area contributed by atoms with Crippen LogP contribution in [0, 0.1) is 0 Å². The van der Waals surface area contributed by atoms with Gasteiger partial charge in [-0.1, -0.05) is 166 Å². The highest BCUT2D eigenvalue weighted by atomic mass is 15.0. The van der Waals surface area contributed by atoms with Crippen molar-refractivity contribution in [2.75, 3.05) is 0 Å². The van der Waals surface area contributed by atoms with Crippen LogP contribution in [0.5, 0.6) is 0 Å². The summed E-state index contributed by atoms with van der Waals surface area (Å²) in [6, 6.07) is 68.0. The third kappa shape index (κ3) is 4.63. The van der Waals surface area contributed by atoms with Gasteiger partial charge in [-0.25, -0.2) is 15.0 Å². The molecule has 294 valence electrons. The molecule has 0 saturated carbocycles. The Morgan fingerprint density at radius 2 is 1.05 bits per heavy atom. The number of fused-ring (bicyclic) bond motifs is 14. The highest BCUT2D eigenvalue weighted by Crippen LogP contribution is 2.55. The summed E-state index contributed by atoms with van der Waals surface area (Å²) in [7, 11) is 0. The predicted molar refractivity (Wildman–Crippen MR) is 260 cm³/mol. The van der Waals surface area contributed by atoms with Crippen LogP contribution in [0.1, 0.15) is 25.0 Å². The van der Waals surface area contributed by atoms with E-state index in [9.17, 15) is 0 Å². The number of hydrogen-bond acceptors (Lipinski definition) is 3. The number of aromatic nitrogens is 5. The van der Waals surface area contributed by atoms with Gasteiger partial charge in [-0.2, -0.15) is 0 Å². The Morgan fingerprint density at radius 3 is 1.83 bits per heavy atom. The minimum absolute atomic E-state index is 0.367. The lowest BCUT2D eigenvalue weighted by atomic mass is 9.79. The van der Waals surface area contributed by atoms with Crippen molar-refractivity contribution in [2.45, 2.75) is 19.3 Å². The summed E-state index contributed by atoms with van der Waals surface area (Å²) in [6.45, 7) is 4.71. The van der Waals surface area contributed by atoms with E-state index in [2.05, 4.69) is 174 Å². The summed E-state index contributed by atoms with van der Waals surface area (Å²) < 4.78 is 5.04. The van der Waals surface area contributed by atoms with Crippen LogP contribution in [0.4, 0.5) is 0 Å². The second-order valence-electron chi connectivity index (χ2n) is 17.5. The highest BCUT2D eigenvalue weighted by molar-refractivity contribution is 6.28. The first-order valence-corrected chi connectivity index (χ1v) is 21.7. The molecule has 0 N–H and O–H groups in total. The van der Waals surface area contributed by atoms with Gasteiger partial charge in [0.15, 0.2) is 17.5 Å². The molecule has 0 unspecified atom stereocenters. The first-order valence-electron chi connectivity index (χ1n) is 21.7. The van der Waals surface area contributed by atoms with Gasteiger partial charge in [-0.3, -0.25) is 0 Å². The molecule has 0 radical (unpaired) electrons. The first-order chi connectivity index (χ1) is 31.0. The Kier molecular flexibility index (Phi) is 6.84. The van der Waals surface area contributed by atoms with Crippen LogP contribution >= 0.6 is 0 Å². The molecule has 5 heteroatoms. The molecular formula is C58H37N5. The first kappa shape index (κ1) is 34.6. The van der Waals surface area contributed by atoms with Crippen molar-refractivity contribution in [3.8, 4) is 51.0 Å². The fourth-order valence-electron chi connectivity index (χ4n) is 11.2. The highest BCUT2D eigenvalue weighted by Gasteiger charge is 2.40. The molecule has 0 aliphatic heterocycles. The molecule has 0 fully saturated rings. The van der Waals surface area contributed by atoms with Crippen molar-refractivity contribution in [3.05, 3.63) is 199 Å². The van der Waals surface area contributed by atoms with Gasteiger partial charge in [0.2, 0.25) is 0 Å². The number of hydrogen-bond donors (Lipinski definition) is 0. The smallest absolute Gasteiger partial charge is 0.164 e. The van der Waals surface area contributed by atoms with Crippen LogP contribution in [0.3, 0.4) is 0 Å². The molecule has 0 saturated heterocycles. The lowest BCUT2D eigenvalue weighted by Gasteiger charge is -2.25. The summed E-state index contributed by atoms with van der Waals surface area (Å²) in [5.41, 5.74) is 14.7. The SMILES string of the molecule is CC1(C)c2ccccc2-c2c(-n3c4cc5c(cc4c4c6ccccc6ccc43)c3cccc4c6ccccc6n5c43)ccc(-c3nc(-c4ccccc4)nc(-c4ccccc4)n3)c21. The Morgan fingerprint density at radius 1 is 0.413 bits per heavy atom. The van der Waals surface area contributed by atoms with Crippen molar-refractivity contribution in [2.24, 2.45) is 0 Å². The average Bonchev–Trinajstić information content (AvgIpc) is 4.04. The van der Waals surface area contributed by atoms with E-state index in [1.54, 1.807) is 0 Å². The molecule has 4 heterocycles. The van der Waals surface area contributed by atoms with Crippen molar-refractivity contribution in [3.63, 3.8) is 0 Å². The Balaban J connectivity index is 1.13. The molecule has 63 heavy (non-hydrogen) atoms. The third-order valence-electron chi connectivity index (χ3n) is 13.9. The standard InChI is InChI=1S/C58H37N5/c1-58(2)45-26-13-11-23-41(45)52-48(31-29-42(53(52)58)57-60-55(35-17-5-3-6-18-35)59-56(61-57)36-19-7-4-8-20-36)62-47-30-28-34-16-9-10-21-37(34)51(47)44-32-43-40-25-15-24-39-38-22-12-14-27-46(38)63(54(39)40)49(43)33-50(44)62/h3-33H,1-2H3. The number of nitrogens with zero attached hydrogens (tertiary/aromatic N) is 5. The quantitative estimate of drug-likeness (QED) is 0.178. The van der Waals surface area contributed by atoms with Gasteiger partial charge in [0.1, 0.15) is 0 Å². The lowest BCUT2D eigenvalue weighted by molar-refractivity contribution is 0.661. The van der Waals surface area contributed by atoms with E-state index in [0.717, 1.165) is 22.4 Å². The molecular weight excluding hydrogens is 767 g/mol. The maximum Gasteiger partial charge on any atom is 0.164 e. The van der Waals surface area contributed by atoms with Gasteiger partial charge in [-0.15, -0.1) is 0 Å². The largest absolute Gasteiger partial charge is 0.309 e. The van der Waals surface area contributed by atoms with E-state index in [4.69, 9.17) is 15.0 Å². The average molecular weight is 804 g/mol. The normalized spacial score (nSPS) is 13.4. The molecule has 13 aromatic rings. The summed E-state index contributed by atoms with van der Waals surface area (Å²) in [4.78, 5) is 15.7. The van der Waals surface area contributed by atoms with Gasteiger partial charge in [0.25, 0.3) is 0 Å². The molecule has 14 rings (SSSR count). The number of rotatable bonds is 4. The fraction of sp³-hybridized carbons (Fsp3) is 0.0517. The zero-order valence-electron chi connectivity index (χ0n) is 34.6. The summed E-state index contributed by atoms with van der Waals surface area (Å²) >= 11 is 0. The lowest BCUT2D eigenvalue weighted by Crippen LogP contribution is -2.17. The zero-order chi connectivity index (χ0) is 41.6. The van der Waals surface area contributed by atoms with Crippen LogP contribution in [-0.4, -0.2) is 23.9 Å². The summed E-state index contributed by atoms with van der Waals surface area (Å²) in [6.07, 6.45) is 0. The molecule has 1 aliphatic carbocycles. The van der Waals surface area contributed by atoms with E-state index < -0.39 is 0 Å². The van der Waals surface area contributed by atoms with Crippen molar-refractivity contribution in [1.29, 1.82) is 0 Å². The maximum atomic E-state index is 5.30. The van der Waals surface area contributed by atoms with Crippen molar-refractivity contribution < 1.29 is 0 Å². The molecule has 0 spiro atoms. The molecule has 1 aliphatic rings. The van der Waals surface area contributed by atoms with Crippen molar-refractivity contribution >= 4 is 70.7 Å². The molecule has 0 amide bonds. The van der Waals surface area contributed by atoms with Crippen LogP contribution in [0.15, 0.2) is 188 Å². The van der Waals surface area contributed by atoms with E-state index in [1.165, 1.54) is 92.9 Å². The van der Waals surface area contributed by atoms with E-state index in [-0.39, 0.29) is 5.41 Å². The minimum Gasteiger partial charge on any atom is -0.309 e. The number of para-hydroxylation sites is 2. The van der Waals surface area contributed by atoms with Gasteiger partial charge in [0.05, 0.1) is 33.3 Å². The third-order valence-corrected chi connectivity index (χ3v) is 13.9. The van der Waals surface area contributed by atoms with Gasteiger partial charge >= 0.3 is 0 Å². The topological polar surface area (TPSA) is 48.0 Å². The van der Waals surface area contributed by atoms with Crippen LogP contribution in [0.2, 0.25) is 0 Å². The van der Waals surface area contributed by atoms with E-state index in [0.29, 0.717) is 17.5 Å². The zero-order valence-corrected chi connectivity index (χ0v) is 34.6. The summed E-state index contributed by atoms with van der Waals surface area (Å²) in [5, 5.41) is 10.1. The van der Waals surface area contributed by atoms with Gasteiger partial charge in [0, 0.05) is 60.0 Å². The van der Waals surface area contributed by atoms with Crippen LogP contribution in [0.25, 0.3) is 122 Å². The Labute approximate surface area is 362 Å². The van der Waals surface area contributed by atoms with Crippen molar-refractivity contribution in [1.82, 2.24) is 23.9 Å². The van der Waals surface area contributed by atoms with Crippen LogP contribution < -0.4 is 0 Å². The second kappa shape index (κ2) is 12.5. The second-order valence-corrected chi connectivity index (χ2v) is 17.5. The van der Waals surface area contributed by atoms with E-state index >= 15 is 0 Å². The Hall–Kier alpha value is -8.15. The molecule has 0 bridgehead atoms. The number of benzene rings is 9. The molecule has 9 aromatic carbocycles. The molecule has 4 aromatic heterocycles. The molecule has 5 nitrogen and oxygen atoms in total. The van der Waals surface area contributed by atoms with Gasteiger partial charge < -0.3 is 8.97 Å². The minimum atomic E-state index is -0.367. The summed E-state index contributed by atoms with van der Waals surface area (Å²) in [5.74, 6) is 1.97. The fourth-order valence-corrected chi connectivity index (χ4v) is 11.2. The van der Waals surface area contributed by atoms with E-state index in [1.807, 2.05) is 36.4 Å².